The molecule has 7 nitrogen and oxygen atoms in total. The summed E-state index contributed by atoms with van der Waals surface area (Å²) in [5.41, 5.74) is 2.09. The molecule has 0 fully saturated rings. The van der Waals surface area contributed by atoms with Crippen LogP contribution < -0.4 is 14.8 Å². The lowest BCUT2D eigenvalue weighted by Crippen LogP contribution is -2.28. The molecule has 1 aliphatic heterocycles. The largest absolute Gasteiger partial charge is 0.497 e. The van der Waals surface area contributed by atoms with Crippen LogP contribution in [0.4, 0.5) is 5.95 Å². The lowest BCUT2D eigenvalue weighted by Gasteiger charge is -2.31. The number of tetrazole rings is 1. The molecule has 134 valence electrons. The van der Waals surface area contributed by atoms with E-state index in [1.165, 1.54) is 0 Å². The summed E-state index contributed by atoms with van der Waals surface area (Å²) in [5.74, 6) is 2.15. The maximum absolute atomic E-state index is 6.02. The first-order chi connectivity index (χ1) is 12.7. The smallest absolute Gasteiger partial charge is 0.243 e. The van der Waals surface area contributed by atoms with Crippen LogP contribution >= 0.6 is 11.6 Å². The SMILES string of the molecule is COc1ccc(OC)c([C@H]2C[C@@H](c3ccc(Cl)cc3)Nc3nnnn32)c1. The third-order valence-electron chi connectivity index (χ3n) is 4.62. The van der Waals surface area contributed by atoms with Crippen LogP contribution in [0, 0.1) is 0 Å². The molecule has 0 saturated heterocycles. The Bertz CT molecular complexity index is 912. The van der Waals surface area contributed by atoms with Crippen LogP contribution in [0.25, 0.3) is 0 Å². The second-order valence-corrected chi connectivity index (χ2v) is 6.49. The number of halogens is 1. The van der Waals surface area contributed by atoms with Crippen molar-refractivity contribution < 1.29 is 9.47 Å². The molecule has 2 aromatic carbocycles. The zero-order valence-corrected chi connectivity index (χ0v) is 15.1. The number of nitrogens with zero attached hydrogens (tertiary/aromatic N) is 4. The highest BCUT2D eigenvalue weighted by Crippen LogP contribution is 2.41. The molecule has 0 spiro atoms. The van der Waals surface area contributed by atoms with E-state index in [4.69, 9.17) is 21.1 Å². The van der Waals surface area contributed by atoms with E-state index >= 15 is 0 Å². The minimum atomic E-state index is -0.0908. The van der Waals surface area contributed by atoms with Crippen LogP contribution in [0.15, 0.2) is 42.5 Å². The maximum Gasteiger partial charge on any atom is 0.243 e. The van der Waals surface area contributed by atoms with E-state index in [9.17, 15) is 0 Å². The van der Waals surface area contributed by atoms with Crippen molar-refractivity contribution in [3.8, 4) is 11.5 Å². The molecule has 26 heavy (non-hydrogen) atoms. The van der Waals surface area contributed by atoms with E-state index in [2.05, 4.69) is 20.8 Å². The molecule has 0 unspecified atom stereocenters. The van der Waals surface area contributed by atoms with Crippen molar-refractivity contribution in [3.63, 3.8) is 0 Å². The monoisotopic (exact) mass is 371 g/mol. The maximum atomic E-state index is 6.02. The molecular weight excluding hydrogens is 354 g/mol. The number of anilines is 1. The second kappa shape index (κ2) is 6.84. The number of methoxy groups -OCH3 is 2. The summed E-state index contributed by atoms with van der Waals surface area (Å²) < 4.78 is 12.7. The molecule has 0 radical (unpaired) electrons. The number of benzene rings is 2. The molecule has 2 atom stereocenters. The van der Waals surface area contributed by atoms with Crippen LogP contribution in [0.5, 0.6) is 11.5 Å². The number of hydrogen-bond donors (Lipinski definition) is 1. The molecule has 4 rings (SSSR count). The van der Waals surface area contributed by atoms with Gasteiger partial charge in [-0.05, 0) is 52.7 Å². The Morgan fingerprint density at radius 3 is 2.65 bits per heavy atom. The molecule has 8 heteroatoms. The molecule has 3 aromatic rings. The highest BCUT2D eigenvalue weighted by molar-refractivity contribution is 6.30. The standard InChI is InChI=1S/C18H18ClN5O2/c1-25-13-7-8-17(26-2)14(9-13)16-10-15(11-3-5-12(19)6-4-11)20-18-21-22-23-24(16)18/h3-9,15-16H,10H2,1-2H3,(H,20,21,23)/t15-,16+/m0/s1. The van der Waals surface area contributed by atoms with Gasteiger partial charge in [0.25, 0.3) is 0 Å². The quantitative estimate of drug-likeness (QED) is 0.756. The van der Waals surface area contributed by atoms with Gasteiger partial charge in [-0.15, -0.1) is 0 Å². The van der Waals surface area contributed by atoms with Crippen LogP contribution in [-0.4, -0.2) is 34.4 Å². The van der Waals surface area contributed by atoms with Gasteiger partial charge in [0.05, 0.1) is 26.3 Å². The van der Waals surface area contributed by atoms with Crippen LogP contribution in [0.2, 0.25) is 5.02 Å². The van der Waals surface area contributed by atoms with Gasteiger partial charge >= 0.3 is 0 Å². The topological polar surface area (TPSA) is 74.1 Å². The minimum absolute atomic E-state index is 0.0478. The van der Waals surface area contributed by atoms with Gasteiger partial charge in [0.15, 0.2) is 0 Å². The summed E-state index contributed by atoms with van der Waals surface area (Å²) in [4.78, 5) is 0. The Kier molecular flexibility index (Phi) is 4.38. The van der Waals surface area contributed by atoms with Gasteiger partial charge in [0, 0.05) is 10.6 Å². The van der Waals surface area contributed by atoms with E-state index in [0.29, 0.717) is 11.0 Å². The van der Waals surface area contributed by atoms with E-state index in [1.54, 1.807) is 18.9 Å². The van der Waals surface area contributed by atoms with Gasteiger partial charge < -0.3 is 14.8 Å². The summed E-state index contributed by atoms with van der Waals surface area (Å²) in [5, 5.41) is 16.2. The normalized spacial score (nSPS) is 18.7. The Morgan fingerprint density at radius 1 is 1.12 bits per heavy atom. The Hall–Kier alpha value is -2.80. The average molecular weight is 372 g/mol. The van der Waals surface area contributed by atoms with Crippen LogP contribution in [0.3, 0.4) is 0 Å². The summed E-state index contributed by atoms with van der Waals surface area (Å²) in [6.07, 6.45) is 0.753. The summed E-state index contributed by atoms with van der Waals surface area (Å²) in [6.45, 7) is 0. The predicted molar refractivity (Wildman–Crippen MR) is 97.9 cm³/mol. The molecule has 1 N–H and O–H groups in total. The second-order valence-electron chi connectivity index (χ2n) is 6.05. The van der Waals surface area contributed by atoms with Gasteiger partial charge in [-0.1, -0.05) is 28.8 Å². The first-order valence-corrected chi connectivity index (χ1v) is 8.59. The minimum Gasteiger partial charge on any atom is -0.497 e. The summed E-state index contributed by atoms with van der Waals surface area (Å²) >= 11 is 6.02. The first kappa shape index (κ1) is 16.7. The Labute approximate surface area is 155 Å². The van der Waals surface area contributed by atoms with E-state index < -0.39 is 0 Å². The molecule has 0 aliphatic carbocycles. The van der Waals surface area contributed by atoms with Gasteiger partial charge in [-0.3, -0.25) is 0 Å². The predicted octanol–water partition coefficient (Wildman–Crippen LogP) is 3.49. The number of aromatic nitrogens is 4. The zero-order chi connectivity index (χ0) is 18.1. The number of nitrogens with one attached hydrogen (secondary N) is 1. The van der Waals surface area contributed by atoms with Gasteiger partial charge in [0.2, 0.25) is 5.95 Å². The Balaban J connectivity index is 1.77. The zero-order valence-electron chi connectivity index (χ0n) is 14.4. The van der Waals surface area contributed by atoms with Crippen molar-refractivity contribution in [3.05, 3.63) is 58.6 Å². The fraction of sp³-hybridized carbons (Fsp3) is 0.278. The van der Waals surface area contributed by atoms with Crippen molar-refractivity contribution in [2.75, 3.05) is 19.5 Å². The third-order valence-corrected chi connectivity index (χ3v) is 4.87. The van der Waals surface area contributed by atoms with Crippen molar-refractivity contribution in [1.82, 2.24) is 20.2 Å². The summed E-state index contributed by atoms with van der Waals surface area (Å²) in [6, 6.07) is 13.5. The third kappa shape index (κ3) is 2.94. The van der Waals surface area contributed by atoms with Gasteiger partial charge in [-0.2, -0.15) is 0 Å². The Morgan fingerprint density at radius 2 is 1.92 bits per heavy atom. The van der Waals surface area contributed by atoms with Gasteiger partial charge in [-0.25, -0.2) is 4.68 Å². The highest BCUT2D eigenvalue weighted by atomic mass is 35.5. The first-order valence-electron chi connectivity index (χ1n) is 8.21. The highest BCUT2D eigenvalue weighted by Gasteiger charge is 2.32. The lowest BCUT2D eigenvalue weighted by molar-refractivity contribution is 0.371. The molecule has 0 bridgehead atoms. The molecule has 0 saturated carbocycles. The number of fused-ring (bicyclic) bond motifs is 1. The van der Waals surface area contributed by atoms with Crippen molar-refractivity contribution >= 4 is 17.5 Å². The van der Waals surface area contributed by atoms with Crippen molar-refractivity contribution in [2.45, 2.75) is 18.5 Å². The van der Waals surface area contributed by atoms with Crippen molar-refractivity contribution in [2.24, 2.45) is 0 Å². The van der Waals surface area contributed by atoms with E-state index in [-0.39, 0.29) is 12.1 Å². The average Bonchev–Trinajstić information content (AvgIpc) is 3.16. The molecule has 1 aliphatic rings. The molecule has 2 heterocycles. The van der Waals surface area contributed by atoms with Gasteiger partial charge in [0.1, 0.15) is 11.5 Å². The molecule has 0 amide bonds. The van der Waals surface area contributed by atoms with Crippen LogP contribution in [-0.2, 0) is 0 Å². The molecule has 1 aromatic heterocycles. The fourth-order valence-corrected chi connectivity index (χ4v) is 3.44. The summed E-state index contributed by atoms with van der Waals surface area (Å²) in [7, 11) is 3.30. The van der Waals surface area contributed by atoms with Crippen molar-refractivity contribution in [1.29, 1.82) is 0 Å². The number of hydrogen-bond acceptors (Lipinski definition) is 6. The molecular formula is C18H18ClN5O2. The lowest BCUT2D eigenvalue weighted by atomic mass is 9.92. The number of rotatable bonds is 4. The van der Waals surface area contributed by atoms with E-state index in [0.717, 1.165) is 29.0 Å². The van der Waals surface area contributed by atoms with Crippen LogP contribution in [0.1, 0.15) is 29.6 Å². The number of ether oxygens (including phenoxy) is 2. The fourth-order valence-electron chi connectivity index (χ4n) is 3.31. The van der Waals surface area contributed by atoms with E-state index in [1.807, 2.05) is 42.5 Å².